The number of thioether (sulfide) groups is 1. The monoisotopic (exact) mass is 343 g/mol. The van der Waals surface area contributed by atoms with Crippen molar-refractivity contribution < 1.29 is 14.6 Å². The van der Waals surface area contributed by atoms with Crippen LogP contribution in [0.4, 0.5) is 0 Å². The molecule has 2 rings (SSSR count). The molecule has 1 aromatic rings. The lowest BCUT2D eigenvalue weighted by atomic mass is 10.2. The summed E-state index contributed by atoms with van der Waals surface area (Å²) in [5, 5.41) is 9.88. The molecule has 0 unspecified atom stereocenters. The van der Waals surface area contributed by atoms with Gasteiger partial charge in [0.1, 0.15) is 4.32 Å². The molecule has 1 fully saturated rings. The number of benzene rings is 1. The molecule has 0 aliphatic carbocycles. The van der Waals surface area contributed by atoms with Crippen LogP contribution >= 0.6 is 35.6 Å². The van der Waals surface area contributed by atoms with Crippen LogP contribution in [0.3, 0.4) is 0 Å². The number of hydrogen-bond donors (Lipinski definition) is 1. The SMILES string of the molecule is CCCN1C(=O)/C(=C\c2cc(Cl)c(O)c(OC)c2)SC1=S. The van der Waals surface area contributed by atoms with Gasteiger partial charge in [-0.3, -0.25) is 9.69 Å². The van der Waals surface area contributed by atoms with Crippen molar-refractivity contribution in [2.24, 2.45) is 0 Å². The number of amides is 1. The van der Waals surface area contributed by atoms with Gasteiger partial charge in [0.15, 0.2) is 11.5 Å². The van der Waals surface area contributed by atoms with Crippen LogP contribution in [0, 0.1) is 0 Å². The molecule has 1 N–H and O–H groups in total. The Morgan fingerprint density at radius 3 is 2.86 bits per heavy atom. The zero-order valence-corrected chi connectivity index (χ0v) is 13.9. The lowest BCUT2D eigenvalue weighted by molar-refractivity contribution is -0.122. The van der Waals surface area contributed by atoms with E-state index >= 15 is 0 Å². The molecular weight excluding hydrogens is 330 g/mol. The fourth-order valence-corrected chi connectivity index (χ4v) is 3.43. The first-order chi connectivity index (χ1) is 9.97. The minimum Gasteiger partial charge on any atom is -0.503 e. The van der Waals surface area contributed by atoms with E-state index in [1.807, 2.05) is 6.92 Å². The number of carbonyl (C=O) groups excluding carboxylic acids is 1. The van der Waals surface area contributed by atoms with Crippen LogP contribution in [0.5, 0.6) is 11.5 Å². The number of nitrogens with zero attached hydrogens (tertiary/aromatic N) is 1. The Kier molecular flexibility index (Phi) is 5.13. The van der Waals surface area contributed by atoms with Gasteiger partial charge in [-0.2, -0.15) is 0 Å². The van der Waals surface area contributed by atoms with E-state index in [1.54, 1.807) is 23.1 Å². The van der Waals surface area contributed by atoms with E-state index in [0.717, 1.165) is 6.42 Å². The molecule has 1 amide bonds. The van der Waals surface area contributed by atoms with Crippen LogP contribution in [-0.4, -0.2) is 33.9 Å². The van der Waals surface area contributed by atoms with Crippen molar-refractivity contribution in [1.82, 2.24) is 4.90 Å². The van der Waals surface area contributed by atoms with Crippen LogP contribution in [0.1, 0.15) is 18.9 Å². The fraction of sp³-hybridized carbons (Fsp3) is 0.286. The molecule has 1 aromatic carbocycles. The maximum absolute atomic E-state index is 12.3. The van der Waals surface area contributed by atoms with Crippen molar-refractivity contribution in [3.63, 3.8) is 0 Å². The van der Waals surface area contributed by atoms with Crippen LogP contribution in [0.2, 0.25) is 5.02 Å². The van der Waals surface area contributed by atoms with Gasteiger partial charge in [-0.05, 0) is 30.2 Å². The maximum Gasteiger partial charge on any atom is 0.266 e. The van der Waals surface area contributed by atoms with Gasteiger partial charge in [0.05, 0.1) is 17.0 Å². The zero-order valence-electron chi connectivity index (χ0n) is 11.6. The summed E-state index contributed by atoms with van der Waals surface area (Å²) in [7, 11) is 1.44. The van der Waals surface area contributed by atoms with E-state index in [9.17, 15) is 9.90 Å². The first-order valence-electron chi connectivity index (χ1n) is 6.29. The molecule has 1 heterocycles. The first-order valence-corrected chi connectivity index (χ1v) is 7.90. The molecule has 0 saturated carbocycles. The summed E-state index contributed by atoms with van der Waals surface area (Å²) < 4.78 is 5.61. The largest absolute Gasteiger partial charge is 0.503 e. The van der Waals surface area contributed by atoms with E-state index in [2.05, 4.69) is 0 Å². The van der Waals surface area contributed by atoms with Gasteiger partial charge in [0.2, 0.25) is 0 Å². The second kappa shape index (κ2) is 6.68. The number of ether oxygens (including phenoxy) is 1. The highest BCUT2D eigenvalue weighted by molar-refractivity contribution is 8.26. The molecule has 0 bridgehead atoms. The first kappa shape index (κ1) is 16.1. The summed E-state index contributed by atoms with van der Waals surface area (Å²) in [6.45, 7) is 2.61. The van der Waals surface area contributed by atoms with Crippen LogP contribution < -0.4 is 4.74 Å². The minimum atomic E-state index is -0.116. The molecular formula is C14H14ClNO3S2. The minimum absolute atomic E-state index is 0.102. The number of hydrogen-bond acceptors (Lipinski definition) is 5. The highest BCUT2D eigenvalue weighted by atomic mass is 35.5. The topological polar surface area (TPSA) is 49.8 Å². The van der Waals surface area contributed by atoms with Crippen molar-refractivity contribution in [1.29, 1.82) is 0 Å². The second-order valence-electron chi connectivity index (χ2n) is 4.39. The van der Waals surface area contributed by atoms with Crippen molar-refractivity contribution in [2.75, 3.05) is 13.7 Å². The summed E-state index contributed by atoms with van der Waals surface area (Å²) in [5.74, 6) is 0.0441. The van der Waals surface area contributed by atoms with Crippen molar-refractivity contribution in [3.8, 4) is 11.5 Å². The molecule has 1 aliphatic heterocycles. The molecule has 1 aliphatic rings. The van der Waals surface area contributed by atoms with Crippen LogP contribution in [-0.2, 0) is 4.79 Å². The second-order valence-corrected chi connectivity index (χ2v) is 6.47. The third-order valence-electron chi connectivity index (χ3n) is 2.89. The number of carbonyl (C=O) groups is 1. The number of thiocarbonyl (C=S) groups is 1. The fourth-order valence-electron chi connectivity index (χ4n) is 1.90. The highest BCUT2D eigenvalue weighted by Gasteiger charge is 2.31. The van der Waals surface area contributed by atoms with Gasteiger partial charge in [-0.25, -0.2) is 0 Å². The normalized spacial score (nSPS) is 16.9. The Morgan fingerprint density at radius 1 is 1.52 bits per heavy atom. The number of halogens is 1. The van der Waals surface area contributed by atoms with Gasteiger partial charge in [0, 0.05) is 6.54 Å². The number of phenols is 1. The summed E-state index contributed by atoms with van der Waals surface area (Å²) >= 11 is 12.4. The van der Waals surface area contributed by atoms with Crippen molar-refractivity contribution in [3.05, 3.63) is 27.6 Å². The average molecular weight is 344 g/mol. The third kappa shape index (κ3) is 3.33. The van der Waals surface area contributed by atoms with E-state index in [1.165, 1.54) is 18.9 Å². The quantitative estimate of drug-likeness (QED) is 0.667. The smallest absolute Gasteiger partial charge is 0.266 e. The number of methoxy groups -OCH3 is 1. The van der Waals surface area contributed by atoms with Gasteiger partial charge in [0.25, 0.3) is 5.91 Å². The molecule has 0 atom stereocenters. The Bertz CT molecular complexity index is 631. The Hall–Kier alpha value is -1.24. The van der Waals surface area contributed by atoms with Crippen molar-refractivity contribution in [2.45, 2.75) is 13.3 Å². The summed E-state index contributed by atoms with van der Waals surface area (Å²) in [6.07, 6.45) is 2.54. The lowest BCUT2D eigenvalue weighted by Crippen LogP contribution is -2.28. The number of rotatable bonds is 4. The summed E-state index contributed by atoms with van der Waals surface area (Å²) in [6, 6.07) is 3.19. The average Bonchev–Trinajstić information content (AvgIpc) is 2.70. The van der Waals surface area contributed by atoms with E-state index in [0.29, 0.717) is 21.3 Å². The Labute approximate surface area is 137 Å². The molecule has 4 nitrogen and oxygen atoms in total. The molecule has 0 radical (unpaired) electrons. The van der Waals surface area contributed by atoms with E-state index < -0.39 is 0 Å². The lowest BCUT2D eigenvalue weighted by Gasteiger charge is -2.12. The summed E-state index contributed by atoms with van der Waals surface area (Å²) in [5.41, 5.74) is 0.673. The zero-order chi connectivity index (χ0) is 15.6. The van der Waals surface area contributed by atoms with Crippen LogP contribution in [0.25, 0.3) is 6.08 Å². The third-order valence-corrected chi connectivity index (χ3v) is 4.56. The molecule has 7 heteroatoms. The highest BCUT2D eigenvalue weighted by Crippen LogP contribution is 2.37. The predicted octanol–water partition coefficient (Wildman–Crippen LogP) is 3.67. The predicted molar refractivity (Wildman–Crippen MR) is 89.8 cm³/mol. The number of aromatic hydroxyl groups is 1. The van der Waals surface area contributed by atoms with Crippen LogP contribution in [0.15, 0.2) is 17.0 Å². The van der Waals surface area contributed by atoms with E-state index in [-0.39, 0.29) is 22.4 Å². The van der Waals surface area contributed by atoms with Gasteiger partial charge < -0.3 is 9.84 Å². The molecule has 0 aromatic heterocycles. The van der Waals surface area contributed by atoms with Gasteiger partial charge in [-0.1, -0.05) is 42.5 Å². The standard InChI is InChI=1S/C14H14ClNO3S2/c1-3-4-16-13(18)11(21-14(16)20)7-8-5-9(15)12(17)10(6-8)19-2/h5-7,17H,3-4H2,1-2H3/b11-7+. The Morgan fingerprint density at radius 2 is 2.24 bits per heavy atom. The Balaban J connectivity index is 2.35. The molecule has 1 saturated heterocycles. The van der Waals surface area contributed by atoms with Gasteiger partial charge in [-0.15, -0.1) is 0 Å². The maximum atomic E-state index is 12.3. The van der Waals surface area contributed by atoms with E-state index in [4.69, 9.17) is 28.6 Å². The molecule has 0 spiro atoms. The van der Waals surface area contributed by atoms with Crippen molar-refractivity contribution >= 4 is 51.9 Å². The molecule has 21 heavy (non-hydrogen) atoms. The summed E-state index contributed by atoms with van der Waals surface area (Å²) in [4.78, 5) is 14.4. The molecule has 112 valence electrons. The van der Waals surface area contributed by atoms with Gasteiger partial charge >= 0.3 is 0 Å². The number of phenolic OH excluding ortho intramolecular Hbond substituents is 1.